The van der Waals surface area contributed by atoms with Gasteiger partial charge in [0.25, 0.3) is 5.89 Å². The van der Waals surface area contributed by atoms with Crippen LogP contribution in [0.25, 0.3) is 11.5 Å². The summed E-state index contributed by atoms with van der Waals surface area (Å²) in [5.41, 5.74) is 0.955. The van der Waals surface area contributed by atoms with E-state index in [1.807, 2.05) is 0 Å². The summed E-state index contributed by atoms with van der Waals surface area (Å²) < 4.78 is 35.2. The van der Waals surface area contributed by atoms with Crippen molar-refractivity contribution < 1.29 is 27.8 Å². The van der Waals surface area contributed by atoms with Gasteiger partial charge in [0.05, 0.1) is 11.7 Å². The molecule has 0 spiro atoms. The zero-order valence-electron chi connectivity index (χ0n) is 16.4. The van der Waals surface area contributed by atoms with E-state index >= 15 is 0 Å². The van der Waals surface area contributed by atoms with Crippen molar-refractivity contribution in [1.29, 1.82) is 0 Å². The first-order valence-electron chi connectivity index (χ1n) is 9.73. The summed E-state index contributed by atoms with van der Waals surface area (Å²) in [7, 11) is 0. The summed E-state index contributed by atoms with van der Waals surface area (Å²) in [5.74, 6) is 0.162. The van der Waals surface area contributed by atoms with Gasteiger partial charge in [-0.1, -0.05) is 0 Å². The largest absolute Gasteiger partial charge is 0.491 e. The fraction of sp³-hybridized carbons (Fsp3) is 0.318. The molecule has 1 aliphatic heterocycles. The second kappa shape index (κ2) is 9.04. The average molecular weight is 412 g/mol. The highest BCUT2D eigenvalue weighted by atomic mass is 19.1. The summed E-state index contributed by atoms with van der Waals surface area (Å²) in [6, 6.07) is 12.4. The van der Waals surface area contributed by atoms with Crippen LogP contribution in [0.15, 0.2) is 52.9 Å². The monoisotopic (exact) mass is 412 g/mol. The molecule has 156 valence electrons. The second-order valence-corrected chi connectivity index (χ2v) is 6.97. The van der Waals surface area contributed by atoms with E-state index in [-0.39, 0.29) is 23.7 Å². The molecule has 1 aliphatic rings. The Morgan fingerprint density at radius 3 is 2.63 bits per heavy atom. The first kappa shape index (κ1) is 20.0. The van der Waals surface area contributed by atoms with Crippen LogP contribution in [-0.2, 0) is 9.47 Å². The van der Waals surface area contributed by atoms with E-state index in [0.29, 0.717) is 23.5 Å². The van der Waals surface area contributed by atoms with Gasteiger partial charge in [0, 0.05) is 12.2 Å². The number of esters is 1. The van der Waals surface area contributed by atoms with Gasteiger partial charge in [-0.3, -0.25) is 0 Å². The van der Waals surface area contributed by atoms with Gasteiger partial charge in [0.2, 0.25) is 5.89 Å². The van der Waals surface area contributed by atoms with Crippen LogP contribution < -0.4 is 4.74 Å². The third-order valence-electron chi connectivity index (χ3n) is 4.71. The Balaban J connectivity index is 1.33. The Kier molecular flexibility index (Phi) is 6.04. The van der Waals surface area contributed by atoms with Crippen LogP contribution in [-0.4, -0.2) is 35.5 Å². The van der Waals surface area contributed by atoms with Crippen molar-refractivity contribution >= 4 is 5.97 Å². The molecule has 0 saturated carbocycles. The number of aromatic nitrogens is 2. The normalized spacial score (nSPS) is 16.9. The van der Waals surface area contributed by atoms with Gasteiger partial charge in [-0.2, -0.15) is 0 Å². The molecule has 0 amide bonds. The lowest BCUT2D eigenvalue weighted by Gasteiger charge is -2.12. The topological polar surface area (TPSA) is 83.7 Å². The van der Waals surface area contributed by atoms with Crippen molar-refractivity contribution in [1.82, 2.24) is 10.2 Å². The van der Waals surface area contributed by atoms with Crippen molar-refractivity contribution in [2.75, 3.05) is 13.2 Å². The molecule has 2 heterocycles. The fourth-order valence-electron chi connectivity index (χ4n) is 3.04. The molecule has 0 unspecified atom stereocenters. The maximum Gasteiger partial charge on any atom is 0.338 e. The van der Waals surface area contributed by atoms with E-state index in [2.05, 4.69) is 10.2 Å². The van der Waals surface area contributed by atoms with Crippen LogP contribution in [0.3, 0.4) is 0 Å². The summed E-state index contributed by atoms with van der Waals surface area (Å²) in [6.45, 7) is 2.91. The zero-order valence-corrected chi connectivity index (χ0v) is 16.4. The van der Waals surface area contributed by atoms with Gasteiger partial charge in [-0.25, -0.2) is 9.18 Å². The van der Waals surface area contributed by atoms with Gasteiger partial charge in [0.1, 0.15) is 18.2 Å². The van der Waals surface area contributed by atoms with Crippen molar-refractivity contribution in [3.05, 3.63) is 65.8 Å². The average Bonchev–Trinajstić information content (AvgIpc) is 3.45. The van der Waals surface area contributed by atoms with E-state index in [4.69, 9.17) is 18.6 Å². The van der Waals surface area contributed by atoms with Crippen LogP contribution in [0.1, 0.15) is 42.1 Å². The smallest absolute Gasteiger partial charge is 0.338 e. The third-order valence-corrected chi connectivity index (χ3v) is 4.71. The lowest BCUT2D eigenvalue weighted by molar-refractivity contribution is 0.0279. The standard InChI is InChI=1S/C22H21FN2O5/c1-14(20-24-25-21(30-20)15-4-8-17(23)9-5-15)29-22(26)16-6-10-18(11-7-16)28-13-19-3-2-12-27-19/h4-11,14,19H,2-3,12-13H2,1H3/t14-,19+/m0/s1. The quantitative estimate of drug-likeness (QED) is 0.534. The van der Waals surface area contributed by atoms with Crippen molar-refractivity contribution in [2.24, 2.45) is 0 Å². The Bertz CT molecular complexity index is 982. The highest BCUT2D eigenvalue weighted by Gasteiger charge is 2.20. The SMILES string of the molecule is C[C@H](OC(=O)c1ccc(OC[C@H]2CCCO2)cc1)c1nnc(-c2ccc(F)cc2)o1. The van der Waals surface area contributed by atoms with Crippen molar-refractivity contribution in [2.45, 2.75) is 32.0 Å². The number of rotatable bonds is 7. The van der Waals surface area contributed by atoms with E-state index in [1.54, 1.807) is 31.2 Å². The lowest BCUT2D eigenvalue weighted by atomic mass is 10.2. The Morgan fingerprint density at radius 1 is 1.17 bits per heavy atom. The maximum atomic E-state index is 13.0. The molecular formula is C22H21FN2O5. The molecule has 2 atom stereocenters. The highest BCUT2D eigenvalue weighted by Crippen LogP contribution is 2.24. The lowest BCUT2D eigenvalue weighted by Crippen LogP contribution is -2.16. The molecule has 1 fully saturated rings. The Morgan fingerprint density at radius 2 is 1.93 bits per heavy atom. The number of carbonyl (C=O) groups is 1. The number of ether oxygens (including phenoxy) is 3. The zero-order chi connectivity index (χ0) is 20.9. The van der Waals surface area contributed by atoms with Crippen LogP contribution >= 0.6 is 0 Å². The molecule has 1 aromatic heterocycles. The predicted octanol–water partition coefficient (Wildman–Crippen LogP) is 4.35. The molecule has 8 heteroatoms. The molecule has 0 bridgehead atoms. The third kappa shape index (κ3) is 4.83. The maximum absolute atomic E-state index is 13.0. The van der Waals surface area contributed by atoms with Crippen molar-refractivity contribution in [3.63, 3.8) is 0 Å². The van der Waals surface area contributed by atoms with Gasteiger partial charge >= 0.3 is 5.97 Å². The number of hydrogen-bond donors (Lipinski definition) is 0. The van der Waals surface area contributed by atoms with E-state index < -0.39 is 12.1 Å². The Hall–Kier alpha value is -3.26. The molecule has 3 aromatic rings. The highest BCUT2D eigenvalue weighted by molar-refractivity contribution is 5.89. The first-order chi connectivity index (χ1) is 14.6. The molecule has 2 aromatic carbocycles. The molecular weight excluding hydrogens is 391 g/mol. The van der Waals surface area contributed by atoms with Crippen LogP contribution in [0, 0.1) is 5.82 Å². The molecule has 0 N–H and O–H groups in total. The van der Waals surface area contributed by atoms with E-state index in [9.17, 15) is 9.18 Å². The summed E-state index contributed by atoms with van der Waals surface area (Å²) >= 11 is 0. The molecule has 0 radical (unpaired) electrons. The van der Waals surface area contributed by atoms with Gasteiger partial charge in [0.15, 0.2) is 6.10 Å². The van der Waals surface area contributed by atoms with Gasteiger partial charge in [-0.15, -0.1) is 10.2 Å². The Labute approximate surface area is 172 Å². The number of benzene rings is 2. The summed E-state index contributed by atoms with van der Waals surface area (Å²) in [4.78, 5) is 12.4. The minimum absolute atomic E-state index is 0.129. The van der Waals surface area contributed by atoms with Crippen molar-refractivity contribution in [3.8, 4) is 17.2 Å². The fourth-order valence-corrected chi connectivity index (χ4v) is 3.04. The number of halogens is 1. The molecule has 7 nitrogen and oxygen atoms in total. The predicted molar refractivity (Wildman–Crippen MR) is 104 cm³/mol. The second-order valence-electron chi connectivity index (χ2n) is 6.97. The molecule has 1 saturated heterocycles. The van der Waals surface area contributed by atoms with E-state index in [1.165, 1.54) is 24.3 Å². The minimum Gasteiger partial charge on any atom is -0.491 e. The first-order valence-corrected chi connectivity index (χ1v) is 9.73. The van der Waals surface area contributed by atoms with Gasteiger partial charge in [-0.05, 0) is 68.3 Å². The van der Waals surface area contributed by atoms with E-state index in [0.717, 1.165) is 19.4 Å². The summed E-state index contributed by atoms with van der Waals surface area (Å²) in [5, 5.41) is 7.84. The number of hydrogen-bond acceptors (Lipinski definition) is 7. The number of carbonyl (C=O) groups excluding carboxylic acids is 1. The van der Waals surface area contributed by atoms with Crippen LogP contribution in [0.4, 0.5) is 4.39 Å². The summed E-state index contributed by atoms with van der Waals surface area (Å²) in [6.07, 6.45) is 1.45. The molecule has 30 heavy (non-hydrogen) atoms. The molecule has 4 rings (SSSR count). The minimum atomic E-state index is -0.741. The molecule has 0 aliphatic carbocycles. The number of nitrogens with zero attached hydrogens (tertiary/aromatic N) is 2. The van der Waals surface area contributed by atoms with Gasteiger partial charge < -0.3 is 18.6 Å². The van der Waals surface area contributed by atoms with Crippen LogP contribution in [0.2, 0.25) is 0 Å². The van der Waals surface area contributed by atoms with Crippen LogP contribution in [0.5, 0.6) is 5.75 Å².